The number of hydrogen-bond donors (Lipinski definition) is 1. The molecule has 0 aliphatic rings. The Morgan fingerprint density at radius 3 is 2.73 bits per heavy atom. The van der Waals surface area contributed by atoms with Gasteiger partial charge in [0.25, 0.3) is 0 Å². The van der Waals surface area contributed by atoms with Gasteiger partial charge in [-0.15, -0.1) is 11.3 Å². The van der Waals surface area contributed by atoms with Gasteiger partial charge < -0.3 is 10.1 Å². The third-order valence-electron chi connectivity index (χ3n) is 3.02. The molecule has 6 heteroatoms. The molecule has 2 rings (SSSR count). The summed E-state index contributed by atoms with van der Waals surface area (Å²) in [7, 11) is 1.81. The Labute approximate surface area is 139 Å². The largest absolute Gasteiger partial charge is 0.474 e. The number of ether oxygens (including phenoxy) is 1. The predicted octanol–water partition coefficient (Wildman–Crippen LogP) is 4.42. The molecule has 0 fully saturated rings. The van der Waals surface area contributed by atoms with Crippen LogP contribution in [0, 0.1) is 0 Å². The van der Waals surface area contributed by atoms with Crippen LogP contribution in [-0.4, -0.2) is 23.9 Å². The summed E-state index contributed by atoms with van der Waals surface area (Å²) in [5.74, 6) is 0.257. The summed E-state index contributed by atoms with van der Waals surface area (Å²) < 4.78 is 5.49. The van der Waals surface area contributed by atoms with Crippen LogP contribution in [0.4, 0.5) is 5.00 Å². The standard InChI is InChI=1S/C16H19ClN2O2S/c1-5-11-7-12(16(18-4)22-11)14(20)10-6-13(17)15(19-8-10)21-9(2)3/h6-9,18H,5H2,1-4H3. The van der Waals surface area contributed by atoms with Gasteiger partial charge in [-0.1, -0.05) is 18.5 Å². The van der Waals surface area contributed by atoms with Gasteiger partial charge in [0.2, 0.25) is 5.88 Å². The molecule has 0 amide bonds. The van der Waals surface area contributed by atoms with Gasteiger partial charge in [-0.25, -0.2) is 4.98 Å². The minimum atomic E-state index is -0.0919. The third kappa shape index (κ3) is 3.59. The third-order valence-corrected chi connectivity index (χ3v) is 4.59. The molecule has 2 heterocycles. The normalized spacial score (nSPS) is 10.8. The zero-order valence-corrected chi connectivity index (χ0v) is 14.6. The van der Waals surface area contributed by atoms with E-state index in [1.54, 1.807) is 17.4 Å². The highest BCUT2D eigenvalue weighted by molar-refractivity contribution is 7.16. The van der Waals surface area contributed by atoms with Crippen molar-refractivity contribution in [2.24, 2.45) is 0 Å². The highest BCUT2D eigenvalue weighted by Crippen LogP contribution is 2.31. The van der Waals surface area contributed by atoms with Crippen molar-refractivity contribution in [3.63, 3.8) is 0 Å². The average Bonchev–Trinajstić information content (AvgIpc) is 2.91. The van der Waals surface area contributed by atoms with Crippen molar-refractivity contribution in [2.45, 2.75) is 33.3 Å². The number of hydrogen-bond acceptors (Lipinski definition) is 5. The van der Waals surface area contributed by atoms with Gasteiger partial charge in [0.1, 0.15) is 5.02 Å². The van der Waals surface area contributed by atoms with Crippen molar-refractivity contribution < 1.29 is 9.53 Å². The SMILES string of the molecule is CCc1cc(C(=O)c2cnc(OC(C)C)c(Cl)c2)c(NC)s1. The van der Waals surface area contributed by atoms with E-state index in [-0.39, 0.29) is 11.9 Å². The first kappa shape index (κ1) is 16.8. The fraction of sp³-hybridized carbons (Fsp3) is 0.375. The number of halogens is 1. The first-order valence-corrected chi connectivity index (χ1v) is 8.33. The molecule has 0 bridgehead atoms. The summed E-state index contributed by atoms with van der Waals surface area (Å²) in [5.41, 5.74) is 1.11. The Hall–Kier alpha value is -1.59. The number of rotatable bonds is 6. The summed E-state index contributed by atoms with van der Waals surface area (Å²) in [5, 5.41) is 4.28. The van der Waals surface area contributed by atoms with E-state index in [4.69, 9.17) is 16.3 Å². The molecule has 22 heavy (non-hydrogen) atoms. The fourth-order valence-electron chi connectivity index (χ4n) is 1.99. The summed E-state index contributed by atoms with van der Waals surface area (Å²) >= 11 is 7.75. The number of nitrogens with one attached hydrogen (secondary N) is 1. The van der Waals surface area contributed by atoms with E-state index in [0.717, 1.165) is 16.3 Å². The van der Waals surface area contributed by atoms with Crippen LogP contribution < -0.4 is 10.1 Å². The Morgan fingerprint density at radius 2 is 2.18 bits per heavy atom. The molecular formula is C16H19ClN2O2S. The van der Waals surface area contributed by atoms with Crippen LogP contribution in [0.25, 0.3) is 0 Å². The van der Waals surface area contributed by atoms with E-state index in [0.29, 0.717) is 22.0 Å². The Balaban J connectivity index is 2.33. The lowest BCUT2D eigenvalue weighted by Gasteiger charge is -2.10. The average molecular weight is 339 g/mol. The molecule has 0 unspecified atom stereocenters. The summed E-state index contributed by atoms with van der Waals surface area (Å²) in [6, 6.07) is 3.53. The minimum absolute atomic E-state index is 0.0218. The summed E-state index contributed by atoms with van der Waals surface area (Å²) in [6.07, 6.45) is 2.38. The van der Waals surface area contributed by atoms with E-state index < -0.39 is 0 Å². The Bertz CT molecular complexity index is 683. The van der Waals surface area contributed by atoms with Crippen LogP contribution in [0.15, 0.2) is 18.3 Å². The number of carbonyl (C=O) groups is 1. The van der Waals surface area contributed by atoms with E-state index in [2.05, 4.69) is 17.2 Å². The second kappa shape index (κ2) is 7.11. The molecule has 2 aromatic rings. The molecule has 0 saturated carbocycles. The zero-order valence-electron chi connectivity index (χ0n) is 13.1. The summed E-state index contributed by atoms with van der Waals surface area (Å²) in [4.78, 5) is 18.0. The number of ketones is 1. The van der Waals surface area contributed by atoms with Crippen molar-refractivity contribution in [1.29, 1.82) is 0 Å². The van der Waals surface area contributed by atoms with Crippen LogP contribution in [-0.2, 0) is 6.42 Å². The molecule has 2 aromatic heterocycles. The van der Waals surface area contributed by atoms with Gasteiger partial charge >= 0.3 is 0 Å². The van der Waals surface area contributed by atoms with Crippen molar-refractivity contribution >= 4 is 33.7 Å². The lowest BCUT2D eigenvalue weighted by Crippen LogP contribution is -2.09. The quantitative estimate of drug-likeness (QED) is 0.792. The number of anilines is 1. The number of pyridine rings is 1. The number of aromatic nitrogens is 1. The van der Waals surface area contributed by atoms with Gasteiger partial charge in [-0.2, -0.15) is 0 Å². The number of nitrogens with zero attached hydrogens (tertiary/aromatic N) is 1. The monoisotopic (exact) mass is 338 g/mol. The van der Waals surface area contributed by atoms with Gasteiger partial charge in [-0.05, 0) is 32.4 Å². The second-order valence-corrected chi connectivity index (χ2v) is 6.61. The maximum Gasteiger partial charge on any atom is 0.232 e. The second-order valence-electron chi connectivity index (χ2n) is 5.07. The van der Waals surface area contributed by atoms with Crippen LogP contribution in [0.2, 0.25) is 5.02 Å². The molecule has 0 aliphatic carbocycles. The van der Waals surface area contributed by atoms with Crippen molar-refractivity contribution in [3.05, 3.63) is 39.4 Å². The van der Waals surface area contributed by atoms with Crippen molar-refractivity contribution in [2.75, 3.05) is 12.4 Å². The van der Waals surface area contributed by atoms with Crippen LogP contribution in [0.5, 0.6) is 5.88 Å². The van der Waals surface area contributed by atoms with E-state index in [1.807, 2.05) is 27.0 Å². The van der Waals surface area contributed by atoms with Gasteiger partial charge in [0.05, 0.1) is 16.7 Å². The Morgan fingerprint density at radius 1 is 1.45 bits per heavy atom. The zero-order chi connectivity index (χ0) is 16.3. The molecule has 118 valence electrons. The minimum Gasteiger partial charge on any atom is -0.474 e. The number of carbonyl (C=O) groups excluding carboxylic acids is 1. The highest BCUT2D eigenvalue weighted by atomic mass is 35.5. The topological polar surface area (TPSA) is 51.2 Å². The van der Waals surface area contributed by atoms with Crippen molar-refractivity contribution in [1.82, 2.24) is 4.98 Å². The molecule has 1 N–H and O–H groups in total. The molecule has 0 aromatic carbocycles. The molecular weight excluding hydrogens is 320 g/mol. The molecule has 0 saturated heterocycles. The Kier molecular flexibility index (Phi) is 5.42. The maximum absolute atomic E-state index is 12.7. The molecule has 0 atom stereocenters. The molecule has 0 radical (unpaired) electrons. The van der Waals surface area contributed by atoms with Gasteiger partial charge in [0, 0.05) is 23.7 Å². The molecule has 0 spiro atoms. The highest BCUT2D eigenvalue weighted by Gasteiger charge is 2.18. The fourth-order valence-corrected chi connectivity index (χ4v) is 3.14. The van der Waals surface area contributed by atoms with E-state index >= 15 is 0 Å². The predicted molar refractivity (Wildman–Crippen MR) is 91.7 cm³/mol. The van der Waals surface area contributed by atoms with Crippen LogP contribution in [0.1, 0.15) is 41.6 Å². The van der Waals surface area contributed by atoms with Crippen LogP contribution in [0.3, 0.4) is 0 Å². The summed E-state index contributed by atoms with van der Waals surface area (Å²) in [6.45, 7) is 5.86. The first-order valence-electron chi connectivity index (χ1n) is 7.13. The van der Waals surface area contributed by atoms with E-state index in [1.165, 1.54) is 6.20 Å². The van der Waals surface area contributed by atoms with Crippen LogP contribution >= 0.6 is 22.9 Å². The van der Waals surface area contributed by atoms with Gasteiger partial charge in [0.15, 0.2) is 5.78 Å². The number of thiophene rings is 1. The lowest BCUT2D eigenvalue weighted by molar-refractivity contribution is 0.103. The molecule has 4 nitrogen and oxygen atoms in total. The van der Waals surface area contributed by atoms with Crippen molar-refractivity contribution in [3.8, 4) is 5.88 Å². The lowest BCUT2D eigenvalue weighted by atomic mass is 10.1. The molecule has 0 aliphatic heterocycles. The first-order chi connectivity index (χ1) is 10.5. The van der Waals surface area contributed by atoms with E-state index in [9.17, 15) is 4.79 Å². The smallest absolute Gasteiger partial charge is 0.232 e. The maximum atomic E-state index is 12.7. The number of aryl methyl sites for hydroxylation is 1. The van der Waals surface area contributed by atoms with Gasteiger partial charge in [-0.3, -0.25) is 4.79 Å².